The van der Waals surface area contributed by atoms with Gasteiger partial charge in [0.05, 0.1) is 5.69 Å². The van der Waals surface area contributed by atoms with Gasteiger partial charge in [-0.1, -0.05) is 11.3 Å². The van der Waals surface area contributed by atoms with E-state index >= 15 is 0 Å². The monoisotopic (exact) mass is 230 g/mol. The third-order valence-electron chi connectivity index (χ3n) is 2.78. The molecule has 1 aliphatic rings. The molecule has 1 aromatic heterocycles. The van der Waals surface area contributed by atoms with Gasteiger partial charge in [0.25, 0.3) is 0 Å². The third-order valence-corrected chi connectivity index (χ3v) is 2.78. The number of hydrogen-bond donors (Lipinski definition) is 2. The smallest absolute Gasteiger partial charge is 0.195 e. The van der Waals surface area contributed by atoms with Crippen molar-refractivity contribution in [3.05, 3.63) is 18.2 Å². The van der Waals surface area contributed by atoms with E-state index in [1.54, 1.807) is 4.68 Å². The Bertz CT molecular complexity index is 570. The molecular weight excluding hydrogens is 216 g/mol. The highest BCUT2D eigenvalue weighted by atomic mass is 15.4. The Balaban J connectivity index is 1.99. The van der Waals surface area contributed by atoms with Crippen molar-refractivity contribution in [2.45, 2.75) is 6.42 Å². The molecule has 6 nitrogen and oxygen atoms in total. The Labute approximate surface area is 98.7 Å². The SMILES string of the molecule is Cn1nnc2cccc(NC3=NCCCN3)c21. The number of nitrogens with one attached hydrogen (secondary N) is 2. The van der Waals surface area contributed by atoms with Crippen LogP contribution < -0.4 is 10.6 Å². The first kappa shape index (κ1) is 10.1. The lowest BCUT2D eigenvalue weighted by molar-refractivity contribution is 0.734. The van der Waals surface area contributed by atoms with Crippen LogP contribution in [0.3, 0.4) is 0 Å². The van der Waals surface area contributed by atoms with Crippen molar-refractivity contribution in [1.82, 2.24) is 20.3 Å². The summed E-state index contributed by atoms with van der Waals surface area (Å²) >= 11 is 0. The maximum Gasteiger partial charge on any atom is 0.195 e. The molecule has 0 atom stereocenters. The molecule has 2 heterocycles. The third kappa shape index (κ3) is 1.82. The Hall–Kier alpha value is -2.11. The van der Waals surface area contributed by atoms with Gasteiger partial charge in [0.15, 0.2) is 5.96 Å². The number of para-hydroxylation sites is 1. The number of anilines is 1. The molecule has 2 aromatic rings. The van der Waals surface area contributed by atoms with Crippen LogP contribution in [0, 0.1) is 0 Å². The van der Waals surface area contributed by atoms with E-state index in [0.717, 1.165) is 42.2 Å². The van der Waals surface area contributed by atoms with E-state index in [1.165, 1.54) is 0 Å². The number of fused-ring (bicyclic) bond motifs is 1. The van der Waals surface area contributed by atoms with Crippen molar-refractivity contribution >= 4 is 22.7 Å². The molecule has 1 aromatic carbocycles. The van der Waals surface area contributed by atoms with Gasteiger partial charge in [-0.05, 0) is 18.6 Å². The van der Waals surface area contributed by atoms with Gasteiger partial charge in [-0.3, -0.25) is 4.99 Å². The molecule has 88 valence electrons. The second-order valence-corrected chi connectivity index (χ2v) is 4.02. The summed E-state index contributed by atoms with van der Waals surface area (Å²) in [5.74, 6) is 0.824. The summed E-state index contributed by atoms with van der Waals surface area (Å²) in [6, 6.07) is 5.91. The van der Waals surface area contributed by atoms with Gasteiger partial charge in [-0.25, -0.2) is 4.68 Å². The van der Waals surface area contributed by atoms with E-state index < -0.39 is 0 Å². The fourth-order valence-corrected chi connectivity index (χ4v) is 1.96. The van der Waals surface area contributed by atoms with E-state index in [2.05, 4.69) is 25.9 Å². The Morgan fingerprint density at radius 2 is 2.35 bits per heavy atom. The fourth-order valence-electron chi connectivity index (χ4n) is 1.96. The molecule has 0 amide bonds. The van der Waals surface area contributed by atoms with E-state index in [4.69, 9.17) is 0 Å². The molecule has 0 aliphatic carbocycles. The predicted molar refractivity (Wildman–Crippen MR) is 67.1 cm³/mol. The first-order chi connectivity index (χ1) is 8.34. The number of benzene rings is 1. The van der Waals surface area contributed by atoms with Crippen molar-refractivity contribution in [2.24, 2.45) is 12.0 Å². The zero-order valence-corrected chi connectivity index (χ0v) is 9.64. The van der Waals surface area contributed by atoms with Gasteiger partial charge in [-0.15, -0.1) is 5.10 Å². The first-order valence-electron chi connectivity index (χ1n) is 5.68. The maximum absolute atomic E-state index is 4.39. The second kappa shape index (κ2) is 4.04. The molecule has 0 bridgehead atoms. The zero-order chi connectivity index (χ0) is 11.7. The Morgan fingerprint density at radius 3 is 3.18 bits per heavy atom. The quantitative estimate of drug-likeness (QED) is 0.758. The van der Waals surface area contributed by atoms with E-state index in [9.17, 15) is 0 Å². The standard InChI is InChI=1S/C11H14N6/c1-17-10-8(4-2-5-9(10)15-16-17)14-11-12-6-3-7-13-11/h2,4-5H,3,6-7H2,1H3,(H2,12,13,14). The number of rotatable bonds is 1. The van der Waals surface area contributed by atoms with Gasteiger partial charge in [0.1, 0.15) is 11.0 Å². The number of hydrogen-bond acceptors (Lipinski definition) is 5. The lowest BCUT2D eigenvalue weighted by Gasteiger charge is -2.16. The molecule has 1 aliphatic heterocycles. The van der Waals surface area contributed by atoms with Crippen LogP contribution in [-0.2, 0) is 7.05 Å². The van der Waals surface area contributed by atoms with Gasteiger partial charge < -0.3 is 10.6 Å². The van der Waals surface area contributed by atoms with Gasteiger partial charge in [0.2, 0.25) is 0 Å². The number of nitrogens with zero attached hydrogens (tertiary/aromatic N) is 4. The summed E-state index contributed by atoms with van der Waals surface area (Å²) in [6.45, 7) is 1.83. The second-order valence-electron chi connectivity index (χ2n) is 4.02. The summed E-state index contributed by atoms with van der Waals surface area (Å²) < 4.78 is 1.76. The minimum atomic E-state index is 0.824. The summed E-state index contributed by atoms with van der Waals surface area (Å²) in [5.41, 5.74) is 2.85. The van der Waals surface area contributed by atoms with Crippen LogP contribution in [0.5, 0.6) is 0 Å². The fraction of sp³-hybridized carbons (Fsp3) is 0.364. The summed E-state index contributed by atoms with van der Waals surface area (Å²) in [4.78, 5) is 4.39. The molecule has 0 saturated carbocycles. The van der Waals surface area contributed by atoms with Gasteiger partial charge in [-0.2, -0.15) is 0 Å². The molecule has 17 heavy (non-hydrogen) atoms. The van der Waals surface area contributed by atoms with Crippen molar-refractivity contribution in [2.75, 3.05) is 18.4 Å². The maximum atomic E-state index is 4.39. The van der Waals surface area contributed by atoms with Crippen molar-refractivity contribution < 1.29 is 0 Å². The molecule has 0 spiro atoms. The number of aliphatic imine (C=N–C) groups is 1. The lowest BCUT2D eigenvalue weighted by atomic mass is 10.2. The molecule has 0 radical (unpaired) electrons. The summed E-state index contributed by atoms with van der Waals surface area (Å²) in [6.07, 6.45) is 1.09. The van der Waals surface area contributed by atoms with Crippen LogP contribution in [0.15, 0.2) is 23.2 Å². The molecular formula is C11H14N6. The molecule has 0 unspecified atom stereocenters. The highest BCUT2D eigenvalue weighted by molar-refractivity contribution is 6.01. The van der Waals surface area contributed by atoms with Crippen molar-refractivity contribution in [3.63, 3.8) is 0 Å². The molecule has 0 saturated heterocycles. The molecule has 2 N–H and O–H groups in total. The van der Waals surface area contributed by atoms with E-state index in [1.807, 2.05) is 25.2 Å². The minimum absolute atomic E-state index is 0.824. The predicted octanol–water partition coefficient (Wildman–Crippen LogP) is 0.729. The zero-order valence-electron chi connectivity index (χ0n) is 9.64. The molecule has 6 heteroatoms. The summed E-state index contributed by atoms with van der Waals surface area (Å²) in [5, 5.41) is 14.6. The van der Waals surface area contributed by atoms with Crippen molar-refractivity contribution in [3.8, 4) is 0 Å². The van der Waals surface area contributed by atoms with Crippen LogP contribution in [0.2, 0.25) is 0 Å². The van der Waals surface area contributed by atoms with E-state index in [0.29, 0.717) is 0 Å². The number of guanidine groups is 1. The highest BCUT2D eigenvalue weighted by Gasteiger charge is 2.10. The summed E-state index contributed by atoms with van der Waals surface area (Å²) in [7, 11) is 1.89. The molecule has 3 rings (SSSR count). The average Bonchev–Trinajstić information content (AvgIpc) is 2.74. The van der Waals surface area contributed by atoms with Crippen LogP contribution in [0.25, 0.3) is 11.0 Å². The minimum Gasteiger partial charge on any atom is -0.356 e. The molecule has 0 fully saturated rings. The Kier molecular flexibility index (Phi) is 2.40. The van der Waals surface area contributed by atoms with Crippen LogP contribution in [0.4, 0.5) is 5.69 Å². The largest absolute Gasteiger partial charge is 0.356 e. The van der Waals surface area contributed by atoms with Gasteiger partial charge in [0, 0.05) is 20.1 Å². The van der Waals surface area contributed by atoms with E-state index in [-0.39, 0.29) is 0 Å². The average molecular weight is 230 g/mol. The lowest BCUT2D eigenvalue weighted by Crippen LogP contribution is -2.35. The van der Waals surface area contributed by atoms with Crippen LogP contribution in [-0.4, -0.2) is 34.0 Å². The van der Waals surface area contributed by atoms with Crippen LogP contribution in [0.1, 0.15) is 6.42 Å². The number of aromatic nitrogens is 3. The topological polar surface area (TPSA) is 67.1 Å². The van der Waals surface area contributed by atoms with Crippen LogP contribution >= 0.6 is 0 Å². The first-order valence-corrected chi connectivity index (χ1v) is 5.68. The normalized spacial score (nSPS) is 15.5. The number of aryl methyl sites for hydroxylation is 1. The van der Waals surface area contributed by atoms with Crippen molar-refractivity contribution in [1.29, 1.82) is 0 Å². The Morgan fingerprint density at radius 1 is 1.41 bits per heavy atom. The van der Waals surface area contributed by atoms with Gasteiger partial charge >= 0.3 is 0 Å². The highest BCUT2D eigenvalue weighted by Crippen LogP contribution is 2.20.